The van der Waals surface area contributed by atoms with Crippen LogP contribution in [0.1, 0.15) is 21.5 Å². The number of nitrogen functional groups attached to an aromatic ring is 1. The Morgan fingerprint density at radius 1 is 1.43 bits per heavy atom. The van der Waals surface area contributed by atoms with Crippen molar-refractivity contribution in [1.82, 2.24) is 10.3 Å². The van der Waals surface area contributed by atoms with E-state index < -0.39 is 11.7 Å². The molecule has 1 aromatic carbocycles. The molecule has 0 aliphatic carbocycles. The highest BCUT2D eigenvalue weighted by atomic mass is 19.1. The second-order valence-electron chi connectivity index (χ2n) is 4.56. The van der Waals surface area contributed by atoms with Gasteiger partial charge in [-0.05, 0) is 30.7 Å². The number of nitrogens with zero attached hydrogens (tertiary/aromatic N) is 1. The Labute approximate surface area is 121 Å². The molecular weight excluding hydrogens is 273 g/mol. The molecule has 0 saturated carbocycles. The lowest BCUT2D eigenvalue weighted by Crippen LogP contribution is -2.23. The fourth-order valence-electron chi connectivity index (χ4n) is 1.79. The smallest absolute Gasteiger partial charge is 0.251 e. The van der Waals surface area contributed by atoms with Crippen molar-refractivity contribution in [3.63, 3.8) is 0 Å². The standard InChI is InChI=1S/C15H16FN3O2/c1-9-12(16)6-11(7-13(9)17)15(20)19-8-10-3-4-18-14(5-10)21-2/h3-7H,8,17H2,1-2H3,(H,19,20). The van der Waals surface area contributed by atoms with Gasteiger partial charge >= 0.3 is 0 Å². The van der Waals surface area contributed by atoms with Crippen molar-refractivity contribution in [1.29, 1.82) is 0 Å². The summed E-state index contributed by atoms with van der Waals surface area (Å²) in [5.41, 5.74) is 7.27. The van der Waals surface area contributed by atoms with Crippen LogP contribution in [0.4, 0.5) is 10.1 Å². The van der Waals surface area contributed by atoms with E-state index in [4.69, 9.17) is 10.5 Å². The van der Waals surface area contributed by atoms with E-state index in [0.29, 0.717) is 11.4 Å². The summed E-state index contributed by atoms with van der Waals surface area (Å²) in [5.74, 6) is -0.422. The maximum atomic E-state index is 13.6. The number of carbonyl (C=O) groups excluding carboxylic acids is 1. The molecule has 0 bridgehead atoms. The van der Waals surface area contributed by atoms with Crippen molar-refractivity contribution < 1.29 is 13.9 Å². The van der Waals surface area contributed by atoms with Crippen LogP contribution in [-0.4, -0.2) is 18.0 Å². The Morgan fingerprint density at radius 2 is 2.19 bits per heavy atom. The molecule has 0 aliphatic rings. The van der Waals surface area contributed by atoms with Crippen LogP contribution >= 0.6 is 0 Å². The molecule has 0 saturated heterocycles. The second kappa shape index (κ2) is 6.21. The summed E-state index contributed by atoms with van der Waals surface area (Å²) in [4.78, 5) is 16.0. The molecule has 2 rings (SSSR count). The van der Waals surface area contributed by atoms with Crippen molar-refractivity contribution in [2.45, 2.75) is 13.5 Å². The lowest BCUT2D eigenvalue weighted by atomic mass is 10.1. The van der Waals surface area contributed by atoms with Crippen LogP contribution in [0.25, 0.3) is 0 Å². The molecule has 21 heavy (non-hydrogen) atoms. The average molecular weight is 289 g/mol. The molecule has 0 radical (unpaired) electrons. The fraction of sp³-hybridized carbons (Fsp3) is 0.200. The fourth-order valence-corrected chi connectivity index (χ4v) is 1.79. The predicted octanol–water partition coefficient (Wildman–Crippen LogP) is 2.05. The summed E-state index contributed by atoms with van der Waals surface area (Å²) in [5, 5.41) is 2.70. The van der Waals surface area contributed by atoms with E-state index in [1.165, 1.54) is 19.2 Å². The number of carbonyl (C=O) groups is 1. The van der Waals surface area contributed by atoms with Gasteiger partial charge in [-0.2, -0.15) is 0 Å². The zero-order valence-electron chi connectivity index (χ0n) is 11.8. The van der Waals surface area contributed by atoms with Gasteiger partial charge in [-0.1, -0.05) is 0 Å². The van der Waals surface area contributed by atoms with Gasteiger partial charge in [-0.25, -0.2) is 9.37 Å². The van der Waals surface area contributed by atoms with Crippen molar-refractivity contribution in [2.24, 2.45) is 0 Å². The molecule has 0 spiro atoms. The Morgan fingerprint density at radius 3 is 2.86 bits per heavy atom. The number of anilines is 1. The third-order valence-corrected chi connectivity index (χ3v) is 3.11. The Balaban J connectivity index is 2.08. The van der Waals surface area contributed by atoms with Gasteiger partial charge in [0.25, 0.3) is 5.91 Å². The molecule has 0 fully saturated rings. The number of methoxy groups -OCH3 is 1. The van der Waals surface area contributed by atoms with Gasteiger partial charge < -0.3 is 15.8 Å². The minimum Gasteiger partial charge on any atom is -0.481 e. The molecule has 1 heterocycles. The Kier molecular flexibility index (Phi) is 4.37. The maximum absolute atomic E-state index is 13.6. The van der Waals surface area contributed by atoms with Crippen molar-refractivity contribution in [3.8, 4) is 5.88 Å². The van der Waals surface area contributed by atoms with Gasteiger partial charge in [0.05, 0.1) is 7.11 Å². The minimum absolute atomic E-state index is 0.191. The number of pyridine rings is 1. The van der Waals surface area contributed by atoms with Crippen LogP contribution in [0.3, 0.4) is 0 Å². The molecule has 0 atom stereocenters. The molecule has 6 heteroatoms. The number of aromatic nitrogens is 1. The van der Waals surface area contributed by atoms with Gasteiger partial charge in [0.2, 0.25) is 5.88 Å². The maximum Gasteiger partial charge on any atom is 0.251 e. The first-order chi connectivity index (χ1) is 10.0. The molecule has 1 amide bonds. The van der Waals surface area contributed by atoms with Crippen molar-refractivity contribution in [2.75, 3.05) is 12.8 Å². The third-order valence-electron chi connectivity index (χ3n) is 3.11. The third kappa shape index (κ3) is 3.47. The molecule has 0 unspecified atom stereocenters. The van der Waals surface area contributed by atoms with E-state index >= 15 is 0 Å². The number of halogens is 1. The molecule has 1 aromatic heterocycles. The highest BCUT2D eigenvalue weighted by Crippen LogP contribution is 2.17. The van der Waals surface area contributed by atoms with E-state index in [1.807, 2.05) is 0 Å². The molecule has 2 aromatic rings. The van der Waals surface area contributed by atoms with Crippen LogP contribution in [0.2, 0.25) is 0 Å². The number of hydrogen-bond acceptors (Lipinski definition) is 4. The highest BCUT2D eigenvalue weighted by Gasteiger charge is 2.11. The zero-order valence-corrected chi connectivity index (χ0v) is 11.8. The summed E-state index contributed by atoms with van der Waals surface area (Å²) in [6.07, 6.45) is 1.59. The molecule has 0 aliphatic heterocycles. The number of ether oxygens (including phenoxy) is 1. The first-order valence-corrected chi connectivity index (χ1v) is 6.34. The number of rotatable bonds is 4. The second-order valence-corrected chi connectivity index (χ2v) is 4.56. The van der Waals surface area contributed by atoms with Crippen molar-refractivity contribution >= 4 is 11.6 Å². The number of hydrogen-bond donors (Lipinski definition) is 2. The predicted molar refractivity (Wildman–Crippen MR) is 77.5 cm³/mol. The SMILES string of the molecule is COc1cc(CNC(=O)c2cc(N)c(C)c(F)c2)ccn1. The summed E-state index contributed by atoms with van der Waals surface area (Å²) in [7, 11) is 1.52. The summed E-state index contributed by atoms with van der Waals surface area (Å²) in [6, 6.07) is 6.10. The van der Waals surface area contributed by atoms with Crippen LogP contribution in [0.15, 0.2) is 30.5 Å². The van der Waals surface area contributed by atoms with Crippen LogP contribution in [0, 0.1) is 12.7 Å². The number of nitrogens with one attached hydrogen (secondary N) is 1. The number of nitrogens with two attached hydrogens (primary N) is 1. The topological polar surface area (TPSA) is 77.2 Å². The Bertz CT molecular complexity index is 651. The van der Waals surface area contributed by atoms with Gasteiger partial charge in [0.15, 0.2) is 0 Å². The number of benzene rings is 1. The summed E-state index contributed by atoms with van der Waals surface area (Å²) in [6.45, 7) is 1.85. The molecule has 110 valence electrons. The average Bonchev–Trinajstić information content (AvgIpc) is 2.50. The summed E-state index contributed by atoms with van der Waals surface area (Å²) >= 11 is 0. The lowest BCUT2D eigenvalue weighted by Gasteiger charge is -2.09. The van der Waals surface area contributed by atoms with Gasteiger partial charge in [0.1, 0.15) is 5.82 Å². The van der Waals surface area contributed by atoms with Crippen LogP contribution in [-0.2, 0) is 6.54 Å². The largest absolute Gasteiger partial charge is 0.481 e. The molecular formula is C15H16FN3O2. The van der Waals surface area contributed by atoms with E-state index in [-0.39, 0.29) is 17.8 Å². The Hall–Kier alpha value is -2.63. The minimum atomic E-state index is -0.495. The monoisotopic (exact) mass is 289 g/mol. The molecule has 5 nitrogen and oxygen atoms in total. The van der Waals surface area contributed by atoms with Crippen LogP contribution in [0.5, 0.6) is 5.88 Å². The zero-order chi connectivity index (χ0) is 15.4. The van der Waals surface area contributed by atoms with Gasteiger partial charge in [-0.3, -0.25) is 4.79 Å². The van der Waals surface area contributed by atoms with Crippen molar-refractivity contribution in [3.05, 3.63) is 53.0 Å². The van der Waals surface area contributed by atoms with E-state index in [1.54, 1.807) is 25.3 Å². The summed E-state index contributed by atoms with van der Waals surface area (Å²) < 4.78 is 18.6. The molecule has 3 N–H and O–H groups in total. The lowest BCUT2D eigenvalue weighted by molar-refractivity contribution is 0.0950. The van der Waals surface area contributed by atoms with E-state index in [2.05, 4.69) is 10.3 Å². The van der Waals surface area contributed by atoms with E-state index in [0.717, 1.165) is 5.56 Å². The normalized spacial score (nSPS) is 10.2. The van der Waals surface area contributed by atoms with E-state index in [9.17, 15) is 9.18 Å². The first-order valence-electron chi connectivity index (χ1n) is 6.34. The highest BCUT2D eigenvalue weighted by molar-refractivity contribution is 5.95. The van der Waals surface area contributed by atoms with Crippen LogP contribution < -0.4 is 15.8 Å². The number of amides is 1. The first kappa shape index (κ1) is 14.8. The van der Waals surface area contributed by atoms with Gasteiger partial charge in [0, 0.05) is 35.6 Å². The van der Waals surface area contributed by atoms with Gasteiger partial charge in [-0.15, -0.1) is 0 Å². The quantitative estimate of drug-likeness (QED) is 0.844.